The number of aryl methyl sites for hydroxylation is 2. The molecule has 0 aliphatic rings. The van der Waals surface area contributed by atoms with Crippen molar-refractivity contribution in [1.29, 1.82) is 0 Å². The smallest absolute Gasteiger partial charge is 0.238 e. The van der Waals surface area contributed by atoms with Crippen LogP contribution in [-0.2, 0) is 11.2 Å². The molecule has 1 aromatic carbocycles. The van der Waals surface area contributed by atoms with Crippen LogP contribution in [0.3, 0.4) is 0 Å². The zero-order chi connectivity index (χ0) is 13.0. The van der Waals surface area contributed by atoms with Crippen LogP contribution in [0.25, 0.3) is 0 Å². The molecule has 0 radical (unpaired) electrons. The fourth-order valence-corrected chi connectivity index (χ4v) is 1.82. The Bertz CT molecular complexity index is 399. The van der Waals surface area contributed by atoms with E-state index in [2.05, 4.69) is 32.0 Å². The lowest BCUT2D eigenvalue weighted by atomic mass is 10.0. The molecule has 0 fully saturated rings. The van der Waals surface area contributed by atoms with Gasteiger partial charge >= 0.3 is 0 Å². The Morgan fingerprint density at radius 3 is 2.65 bits per heavy atom. The SMILES string of the molecule is Cc1ccc(C)c(CCN(C)C(=O)C(C)N)c1. The quantitative estimate of drug-likeness (QED) is 0.861. The molecule has 0 aliphatic carbocycles. The molecular formula is C14H22N2O. The molecule has 17 heavy (non-hydrogen) atoms. The normalized spacial score (nSPS) is 12.3. The summed E-state index contributed by atoms with van der Waals surface area (Å²) < 4.78 is 0. The summed E-state index contributed by atoms with van der Waals surface area (Å²) in [5, 5.41) is 0. The van der Waals surface area contributed by atoms with E-state index in [0.717, 1.165) is 6.42 Å². The highest BCUT2D eigenvalue weighted by Crippen LogP contribution is 2.11. The summed E-state index contributed by atoms with van der Waals surface area (Å²) in [6.07, 6.45) is 0.877. The van der Waals surface area contributed by atoms with Gasteiger partial charge in [0.2, 0.25) is 5.91 Å². The van der Waals surface area contributed by atoms with Gasteiger partial charge in [0.1, 0.15) is 0 Å². The van der Waals surface area contributed by atoms with E-state index in [1.807, 2.05) is 0 Å². The molecule has 0 aliphatic heterocycles. The predicted octanol–water partition coefficient (Wildman–Crippen LogP) is 1.65. The van der Waals surface area contributed by atoms with Gasteiger partial charge in [-0.2, -0.15) is 0 Å². The molecule has 3 heteroatoms. The van der Waals surface area contributed by atoms with Gasteiger partial charge in [-0.15, -0.1) is 0 Å². The minimum absolute atomic E-state index is 0.00435. The van der Waals surface area contributed by atoms with Crippen molar-refractivity contribution in [2.75, 3.05) is 13.6 Å². The van der Waals surface area contributed by atoms with Crippen molar-refractivity contribution in [3.05, 3.63) is 34.9 Å². The summed E-state index contributed by atoms with van der Waals surface area (Å²) in [7, 11) is 1.80. The second-order valence-corrected chi connectivity index (χ2v) is 4.73. The number of nitrogens with zero attached hydrogens (tertiary/aromatic N) is 1. The van der Waals surface area contributed by atoms with E-state index in [-0.39, 0.29) is 5.91 Å². The topological polar surface area (TPSA) is 46.3 Å². The molecule has 3 nitrogen and oxygen atoms in total. The van der Waals surface area contributed by atoms with Crippen LogP contribution in [0, 0.1) is 13.8 Å². The fraction of sp³-hybridized carbons (Fsp3) is 0.500. The van der Waals surface area contributed by atoms with Crippen LogP contribution < -0.4 is 5.73 Å². The standard InChI is InChI=1S/C14H22N2O/c1-10-5-6-11(2)13(9-10)7-8-16(4)14(17)12(3)15/h5-6,9,12H,7-8,15H2,1-4H3. The summed E-state index contributed by atoms with van der Waals surface area (Å²) >= 11 is 0. The minimum Gasteiger partial charge on any atom is -0.344 e. The van der Waals surface area contributed by atoms with Crippen LogP contribution >= 0.6 is 0 Å². The highest BCUT2D eigenvalue weighted by molar-refractivity contribution is 5.80. The number of carbonyl (C=O) groups is 1. The van der Waals surface area contributed by atoms with Crippen LogP contribution in [0.15, 0.2) is 18.2 Å². The molecule has 2 N–H and O–H groups in total. The van der Waals surface area contributed by atoms with Gasteiger partial charge in [-0.05, 0) is 38.3 Å². The van der Waals surface area contributed by atoms with E-state index in [4.69, 9.17) is 5.73 Å². The number of rotatable bonds is 4. The molecule has 1 rings (SSSR count). The van der Waals surface area contributed by atoms with Crippen molar-refractivity contribution >= 4 is 5.91 Å². The van der Waals surface area contributed by atoms with Gasteiger partial charge in [-0.25, -0.2) is 0 Å². The number of benzene rings is 1. The lowest BCUT2D eigenvalue weighted by molar-refractivity contribution is -0.130. The Morgan fingerprint density at radius 2 is 2.06 bits per heavy atom. The van der Waals surface area contributed by atoms with Gasteiger partial charge < -0.3 is 10.6 Å². The van der Waals surface area contributed by atoms with E-state index in [0.29, 0.717) is 6.54 Å². The van der Waals surface area contributed by atoms with Gasteiger partial charge in [-0.1, -0.05) is 23.8 Å². The number of hydrogen-bond donors (Lipinski definition) is 1. The van der Waals surface area contributed by atoms with Crippen LogP contribution in [0.4, 0.5) is 0 Å². The second-order valence-electron chi connectivity index (χ2n) is 4.73. The molecule has 0 heterocycles. The van der Waals surface area contributed by atoms with E-state index >= 15 is 0 Å². The largest absolute Gasteiger partial charge is 0.344 e. The summed E-state index contributed by atoms with van der Waals surface area (Å²) in [4.78, 5) is 13.3. The highest BCUT2D eigenvalue weighted by Gasteiger charge is 2.13. The molecule has 1 unspecified atom stereocenters. The van der Waals surface area contributed by atoms with Crippen molar-refractivity contribution < 1.29 is 4.79 Å². The summed E-state index contributed by atoms with van der Waals surface area (Å²) in [5.41, 5.74) is 9.40. The van der Waals surface area contributed by atoms with Crippen LogP contribution in [0.5, 0.6) is 0 Å². The third-order valence-electron chi connectivity index (χ3n) is 2.99. The van der Waals surface area contributed by atoms with Gasteiger partial charge in [0.15, 0.2) is 0 Å². The van der Waals surface area contributed by atoms with Crippen molar-refractivity contribution in [1.82, 2.24) is 4.90 Å². The van der Waals surface area contributed by atoms with Crippen LogP contribution in [-0.4, -0.2) is 30.4 Å². The van der Waals surface area contributed by atoms with Gasteiger partial charge in [0.25, 0.3) is 0 Å². The summed E-state index contributed by atoms with van der Waals surface area (Å²) in [6, 6.07) is 5.99. The van der Waals surface area contributed by atoms with E-state index < -0.39 is 6.04 Å². The number of nitrogens with two attached hydrogens (primary N) is 1. The number of likely N-dealkylation sites (N-methyl/N-ethyl adjacent to an activating group) is 1. The van der Waals surface area contributed by atoms with Gasteiger partial charge in [0.05, 0.1) is 6.04 Å². The molecule has 0 bridgehead atoms. The average molecular weight is 234 g/mol. The first-order chi connectivity index (χ1) is 7.91. The third-order valence-corrected chi connectivity index (χ3v) is 2.99. The molecule has 1 aromatic rings. The van der Waals surface area contributed by atoms with Crippen LogP contribution in [0.2, 0.25) is 0 Å². The molecule has 0 saturated heterocycles. The summed E-state index contributed by atoms with van der Waals surface area (Å²) in [5.74, 6) is -0.00435. The van der Waals surface area contributed by atoms with Crippen molar-refractivity contribution in [3.63, 3.8) is 0 Å². The van der Waals surface area contributed by atoms with Crippen LogP contribution in [0.1, 0.15) is 23.6 Å². The maximum Gasteiger partial charge on any atom is 0.238 e. The predicted molar refractivity (Wildman–Crippen MR) is 70.9 cm³/mol. The molecule has 1 atom stereocenters. The van der Waals surface area contributed by atoms with Gasteiger partial charge in [0, 0.05) is 13.6 Å². The van der Waals surface area contributed by atoms with Crippen molar-refractivity contribution in [2.24, 2.45) is 5.73 Å². The Balaban J connectivity index is 2.61. The number of carbonyl (C=O) groups excluding carboxylic acids is 1. The summed E-state index contributed by atoms with van der Waals surface area (Å²) in [6.45, 7) is 6.61. The Labute approximate surface area is 104 Å². The monoisotopic (exact) mass is 234 g/mol. The Morgan fingerprint density at radius 1 is 1.41 bits per heavy atom. The van der Waals surface area contributed by atoms with E-state index in [1.165, 1.54) is 16.7 Å². The molecule has 0 saturated carbocycles. The first-order valence-corrected chi connectivity index (χ1v) is 5.98. The zero-order valence-electron chi connectivity index (χ0n) is 11.2. The molecular weight excluding hydrogens is 212 g/mol. The lowest BCUT2D eigenvalue weighted by Gasteiger charge is -2.19. The molecule has 1 amide bonds. The van der Waals surface area contributed by atoms with Crippen molar-refractivity contribution in [3.8, 4) is 0 Å². The van der Waals surface area contributed by atoms with Gasteiger partial charge in [-0.3, -0.25) is 4.79 Å². The van der Waals surface area contributed by atoms with E-state index in [1.54, 1.807) is 18.9 Å². The average Bonchev–Trinajstić information content (AvgIpc) is 2.28. The highest BCUT2D eigenvalue weighted by atomic mass is 16.2. The first-order valence-electron chi connectivity index (χ1n) is 5.98. The first kappa shape index (κ1) is 13.7. The number of hydrogen-bond acceptors (Lipinski definition) is 2. The van der Waals surface area contributed by atoms with Crippen molar-refractivity contribution in [2.45, 2.75) is 33.2 Å². The second kappa shape index (κ2) is 5.82. The maximum atomic E-state index is 11.6. The fourth-order valence-electron chi connectivity index (χ4n) is 1.82. The van der Waals surface area contributed by atoms with E-state index in [9.17, 15) is 4.79 Å². The Hall–Kier alpha value is -1.35. The molecule has 94 valence electrons. The number of amides is 1. The lowest BCUT2D eigenvalue weighted by Crippen LogP contribution is -2.40. The zero-order valence-corrected chi connectivity index (χ0v) is 11.2. The Kier molecular flexibility index (Phi) is 4.70. The third kappa shape index (κ3) is 3.86. The molecule has 0 aromatic heterocycles. The minimum atomic E-state index is -0.418. The molecule has 0 spiro atoms. The maximum absolute atomic E-state index is 11.6.